The number of ether oxygens (including phenoxy) is 1. The van der Waals surface area contributed by atoms with Crippen molar-refractivity contribution in [1.82, 2.24) is 5.32 Å². The maximum atomic E-state index is 11.7. The lowest BCUT2D eigenvalue weighted by Crippen LogP contribution is -2.46. The lowest BCUT2D eigenvalue weighted by molar-refractivity contribution is -0.149. The fourth-order valence-electron chi connectivity index (χ4n) is 2.18. The minimum Gasteiger partial charge on any atom is -0.463 e. The van der Waals surface area contributed by atoms with Crippen LogP contribution in [-0.4, -0.2) is 44.6 Å². The fraction of sp³-hybridized carbons (Fsp3) is 0.917. The van der Waals surface area contributed by atoms with Gasteiger partial charge in [0.1, 0.15) is 0 Å². The van der Waals surface area contributed by atoms with Crippen LogP contribution in [-0.2, 0) is 19.4 Å². The summed E-state index contributed by atoms with van der Waals surface area (Å²) < 4.78 is 28.1. The van der Waals surface area contributed by atoms with E-state index in [9.17, 15) is 13.2 Å². The first kappa shape index (κ1) is 15.4. The average molecular weight is 277 g/mol. The summed E-state index contributed by atoms with van der Waals surface area (Å²) in [4.78, 5) is 11.7. The van der Waals surface area contributed by atoms with Crippen molar-refractivity contribution in [3.63, 3.8) is 0 Å². The number of carbonyl (C=O) groups excluding carboxylic acids is 1. The van der Waals surface area contributed by atoms with Gasteiger partial charge in [-0.3, -0.25) is 4.79 Å². The number of sulfone groups is 1. The number of esters is 1. The summed E-state index contributed by atoms with van der Waals surface area (Å²) in [5.74, 6) is 0.335. The quantitative estimate of drug-likeness (QED) is 0.750. The molecule has 1 saturated heterocycles. The van der Waals surface area contributed by atoms with Crippen LogP contribution in [0.2, 0.25) is 0 Å². The van der Waals surface area contributed by atoms with E-state index in [2.05, 4.69) is 19.2 Å². The number of hydrogen-bond donors (Lipinski definition) is 1. The molecular formula is C12H23NO4S. The summed E-state index contributed by atoms with van der Waals surface area (Å²) in [7, 11) is -3.00. The Labute approximate surface area is 109 Å². The summed E-state index contributed by atoms with van der Waals surface area (Å²) in [6, 6.07) is -0.303. The fourth-order valence-corrected chi connectivity index (χ4v) is 3.63. The van der Waals surface area contributed by atoms with Crippen LogP contribution in [0.15, 0.2) is 0 Å². The molecule has 1 heterocycles. The number of rotatable bonds is 5. The third kappa shape index (κ3) is 5.82. The summed E-state index contributed by atoms with van der Waals surface area (Å²) in [6.07, 6.45) is 0.835. The molecule has 2 unspecified atom stereocenters. The molecule has 0 aliphatic carbocycles. The Kier molecular flexibility index (Phi) is 5.59. The Morgan fingerprint density at radius 3 is 2.61 bits per heavy atom. The first-order chi connectivity index (χ1) is 8.28. The Morgan fingerprint density at radius 1 is 1.39 bits per heavy atom. The van der Waals surface area contributed by atoms with Gasteiger partial charge in [-0.1, -0.05) is 13.8 Å². The highest BCUT2D eigenvalue weighted by Gasteiger charge is 2.27. The molecule has 5 nitrogen and oxygen atoms in total. The van der Waals surface area contributed by atoms with Gasteiger partial charge in [0.25, 0.3) is 0 Å². The van der Waals surface area contributed by atoms with Crippen molar-refractivity contribution >= 4 is 15.8 Å². The van der Waals surface area contributed by atoms with Crippen LogP contribution in [0, 0.1) is 5.92 Å². The molecule has 0 saturated carbocycles. The number of hydrogen-bond acceptors (Lipinski definition) is 5. The summed E-state index contributed by atoms with van der Waals surface area (Å²) >= 11 is 0. The molecule has 1 N–H and O–H groups in total. The number of carbonyl (C=O) groups is 1. The summed E-state index contributed by atoms with van der Waals surface area (Å²) in [6.45, 7) is 6.42. The zero-order valence-electron chi connectivity index (χ0n) is 11.3. The predicted octanol–water partition coefficient (Wildman–Crippen LogP) is 0.741. The summed E-state index contributed by atoms with van der Waals surface area (Å²) in [5.41, 5.74) is 0. The van der Waals surface area contributed by atoms with Crippen molar-refractivity contribution in [2.24, 2.45) is 5.92 Å². The van der Waals surface area contributed by atoms with E-state index in [1.807, 2.05) is 6.92 Å². The molecule has 0 bridgehead atoms. The Morgan fingerprint density at radius 2 is 2.06 bits per heavy atom. The maximum absolute atomic E-state index is 11.7. The molecule has 0 aromatic heterocycles. The van der Waals surface area contributed by atoms with Gasteiger partial charge in [-0.25, -0.2) is 8.42 Å². The largest absolute Gasteiger partial charge is 0.463 e. The van der Waals surface area contributed by atoms with Crippen LogP contribution < -0.4 is 5.32 Å². The van der Waals surface area contributed by atoms with E-state index < -0.39 is 9.84 Å². The highest BCUT2D eigenvalue weighted by Crippen LogP contribution is 2.11. The number of nitrogens with one attached hydrogen (secondary N) is 1. The van der Waals surface area contributed by atoms with E-state index in [-0.39, 0.29) is 36.0 Å². The van der Waals surface area contributed by atoms with Gasteiger partial charge in [0.2, 0.25) is 0 Å². The lowest BCUT2D eigenvalue weighted by atomic mass is 10.1. The van der Waals surface area contributed by atoms with Crippen LogP contribution in [0.25, 0.3) is 0 Å². The van der Waals surface area contributed by atoms with Crippen LogP contribution >= 0.6 is 0 Å². The minimum absolute atomic E-state index is 0.0284. The molecule has 1 aliphatic heterocycles. The van der Waals surface area contributed by atoms with Crippen molar-refractivity contribution in [2.75, 3.05) is 18.1 Å². The maximum Gasteiger partial charge on any atom is 0.307 e. The second kappa shape index (κ2) is 6.52. The molecule has 106 valence electrons. The Balaban J connectivity index is 2.36. The third-order valence-corrected chi connectivity index (χ3v) is 4.59. The first-order valence-corrected chi connectivity index (χ1v) is 8.24. The van der Waals surface area contributed by atoms with Gasteiger partial charge < -0.3 is 10.1 Å². The molecule has 0 amide bonds. The SMILES string of the molecule is CC(C)CC(C)OC(=O)CC1CS(=O)(=O)CCN1. The van der Waals surface area contributed by atoms with E-state index in [4.69, 9.17) is 4.74 Å². The van der Waals surface area contributed by atoms with Crippen molar-refractivity contribution in [3.8, 4) is 0 Å². The standard InChI is InChI=1S/C12H23NO4S/c1-9(2)6-10(3)17-12(14)7-11-8-18(15,16)5-4-13-11/h9-11,13H,4-8H2,1-3H3. The molecule has 1 aliphatic rings. The van der Waals surface area contributed by atoms with Gasteiger partial charge in [0.15, 0.2) is 9.84 Å². The van der Waals surface area contributed by atoms with Crippen LogP contribution in [0.3, 0.4) is 0 Å². The zero-order valence-corrected chi connectivity index (χ0v) is 12.1. The van der Waals surface area contributed by atoms with Crippen LogP contribution in [0.1, 0.15) is 33.6 Å². The van der Waals surface area contributed by atoms with Crippen molar-refractivity contribution in [1.29, 1.82) is 0 Å². The van der Waals surface area contributed by atoms with Gasteiger partial charge >= 0.3 is 5.97 Å². The van der Waals surface area contributed by atoms with Crippen LogP contribution in [0.4, 0.5) is 0 Å². The van der Waals surface area contributed by atoms with E-state index >= 15 is 0 Å². The highest BCUT2D eigenvalue weighted by molar-refractivity contribution is 7.91. The molecule has 2 atom stereocenters. The van der Waals surface area contributed by atoms with Gasteiger partial charge in [-0.2, -0.15) is 0 Å². The van der Waals surface area contributed by atoms with Crippen LogP contribution in [0.5, 0.6) is 0 Å². The van der Waals surface area contributed by atoms with E-state index in [1.54, 1.807) is 0 Å². The van der Waals surface area contributed by atoms with Crippen molar-refractivity contribution in [2.45, 2.75) is 45.8 Å². The molecular weight excluding hydrogens is 254 g/mol. The average Bonchev–Trinajstić information content (AvgIpc) is 2.13. The molecule has 0 spiro atoms. The molecule has 1 rings (SSSR count). The summed E-state index contributed by atoms with van der Waals surface area (Å²) in [5, 5.41) is 3.04. The minimum atomic E-state index is -3.00. The second-order valence-corrected chi connectivity index (χ2v) is 7.63. The van der Waals surface area contributed by atoms with E-state index in [0.717, 1.165) is 6.42 Å². The molecule has 0 aromatic carbocycles. The van der Waals surface area contributed by atoms with E-state index in [0.29, 0.717) is 12.5 Å². The molecule has 0 radical (unpaired) electrons. The Bertz CT molecular complexity index is 378. The molecule has 18 heavy (non-hydrogen) atoms. The Hall–Kier alpha value is -0.620. The monoisotopic (exact) mass is 277 g/mol. The first-order valence-electron chi connectivity index (χ1n) is 6.42. The highest BCUT2D eigenvalue weighted by atomic mass is 32.2. The molecule has 0 aromatic rings. The van der Waals surface area contributed by atoms with Gasteiger partial charge in [0, 0.05) is 12.6 Å². The smallest absolute Gasteiger partial charge is 0.307 e. The second-order valence-electron chi connectivity index (χ2n) is 5.40. The van der Waals surface area contributed by atoms with Crippen molar-refractivity contribution < 1.29 is 17.9 Å². The molecule has 6 heteroatoms. The zero-order chi connectivity index (χ0) is 13.8. The van der Waals surface area contributed by atoms with Gasteiger partial charge in [-0.05, 0) is 19.3 Å². The normalized spacial score (nSPS) is 24.8. The van der Waals surface area contributed by atoms with E-state index in [1.165, 1.54) is 0 Å². The topological polar surface area (TPSA) is 72.5 Å². The lowest BCUT2D eigenvalue weighted by Gasteiger charge is -2.23. The molecule has 1 fully saturated rings. The third-order valence-electron chi connectivity index (χ3n) is 2.85. The van der Waals surface area contributed by atoms with Crippen molar-refractivity contribution in [3.05, 3.63) is 0 Å². The van der Waals surface area contributed by atoms with Gasteiger partial charge in [-0.15, -0.1) is 0 Å². The van der Waals surface area contributed by atoms with Gasteiger partial charge in [0.05, 0.1) is 24.0 Å². The predicted molar refractivity (Wildman–Crippen MR) is 70.1 cm³/mol.